The molecule has 10 rings (SSSR count). The Labute approximate surface area is 273 Å². The Bertz CT molecular complexity index is 2370. The van der Waals surface area contributed by atoms with Crippen LogP contribution in [0.1, 0.15) is 11.1 Å². The van der Waals surface area contributed by atoms with Crippen LogP contribution in [0.25, 0.3) is 66.1 Å². The molecule has 3 nitrogen and oxygen atoms in total. The van der Waals surface area contributed by atoms with Crippen molar-refractivity contribution in [2.75, 3.05) is 4.90 Å². The molecule has 3 heteroatoms. The van der Waals surface area contributed by atoms with E-state index in [4.69, 9.17) is 0 Å². The highest BCUT2D eigenvalue weighted by atomic mass is 15.1. The van der Waals surface area contributed by atoms with Crippen LogP contribution in [0.5, 0.6) is 0 Å². The number of hydrogen-bond acceptors (Lipinski definition) is 1. The van der Waals surface area contributed by atoms with E-state index in [-0.39, 0.29) is 0 Å². The molecule has 0 saturated carbocycles. The van der Waals surface area contributed by atoms with Crippen LogP contribution >= 0.6 is 0 Å². The molecule has 7 aromatic carbocycles. The smallest absolute Gasteiger partial charge is 0.0541 e. The summed E-state index contributed by atoms with van der Waals surface area (Å²) in [6.45, 7) is 1.68. The lowest BCUT2D eigenvalue weighted by Crippen LogP contribution is -2.20. The van der Waals surface area contributed by atoms with Crippen LogP contribution in [-0.2, 0) is 13.1 Å². The number of anilines is 1. The van der Waals surface area contributed by atoms with Crippen LogP contribution in [-0.4, -0.2) is 9.13 Å². The van der Waals surface area contributed by atoms with E-state index in [1.165, 1.54) is 82.9 Å². The largest absolute Gasteiger partial charge is 0.363 e. The Morgan fingerprint density at radius 2 is 0.681 bits per heavy atom. The first-order chi connectivity index (χ1) is 23.3. The van der Waals surface area contributed by atoms with Crippen molar-refractivity contribution < 1.29 is 0 Å². The van der Waals surface area contributed by atoms with Gasteiger partial charge in [-0.05, 0) is 82.9 Å². The maximum Gasteiger partial charge on any atom is 0.0541 e. The summed E-state index contributed by atoms with van der Waals surface area (Å²) in [7, 11) is 0. The summed E-state index contributed by atoms with van der Waals surface area (Å²) in [6.07, 6.45) is 0. The molecule has 1 aliphatic rings. The Hall–Kier alpha value is -6.06. The van der Waals surface area contributed by atoms with Crippen molar-refractivity contribution >= 4 is 49.3 Å². The molecule has 0 aliphatic carbocycles. The molecule has 0 fully saturated rings. The summed E-state index contributed by atoms with van der Waals surface area (Å²) in [5.74, 6) is 0. The number of para-hydroxylation sites is 5. The predicted molar refractivity (Wildman–Crippen MR) is 197 cm³/mol. The van der Waals surface area contributed by atoms with Crippen molar-refractivity contribution in [2.45, 2.75) is 13.1 Å². The van der Waals surface area contributed by atoms with Gasteiger partial charge in [-0.15, -0.1) is 0 Å². The van der Waals surface area contributed by atoms with Gasteiger partial charge in [0.1, 0.15) is 0 Å². The SMILES string of the molecule is c1ccc(N2Cc3ccc(-n4c5ccccc5c5ccccc54)cc3-c3cc(-n4c5ccccc5c5ccccc54)ccc3C2)cc1. The van der Waals surface area contributed by atoms with Gasteiger partial charge in [0.05, 0.1) is 22.1 Å². The van der Waals surface area contributed by atoms with Crippen LogP contribution in [0.4, 0.5) is 5.69 Å². The van der Waals surface area contributed by atoms with Crippen molar-refractivity contribution in [2.24, 2.45) is 0 Å². The van der Waals surface area contributed by atoms with Gasteiger partial charge in [-0.25, -0.2) is 0 Å². The molecule has 222 valence electrons. The summed E-state index contributed by atoms with van der Waals surface area (Å²) in [5.41, 5.74) is 13.8. The van der Waals surface area contributed by atoms with Gasteiger partial charge >= 0.3 is 0 Å². The number of rotatable bonds is 3. The minimum Gasteiger partial charge on any atom is -0.363 e. The third-order valence-corrected chi connectivity index (χ3v) is 10.00. The van der Waals surface area contributed by atoms with Crippen LogP contribution in [0.2, 0.25) is 0 Å². The van der Waals surface area contributed by atoms with Gasteiger partial charge in [0.2, 0.25) is 0 Å². The minimum atomic E-state index is 0.839. The lowest BCUT2D eigenvalue weighted by molar-refractivity contribution is 0.812. The van der Waals surface area contributed by atoms with Crippen molar-refractivity contribution in [3.05, 3.63) is 175 Å². The fourth-order valence-corrected chi connectivity index (χ4v) is 7.87. The third kappa shape index (κ3) is 4.00. The molecule has 3 heterocycles. The second-order valence-corrected chi connectivity index (χ2v) is 12.6. The fraction of sp³-hybridized carbons (Fsp3) is 0.0455. The molecule has 0 N–H and O–H groups in total. The van der Waals surface area contributed by atoms with Gasteiger partial charge in [-0.3, -0.25) is 0 Å². The standard InChI is InChI=1S/C44H31N3/c1-2-12-32(13-3-1)45-28-30-22-24-33(46-41-18-8-4-14-35(41)36-15-5-9-19-42(36)46)26-39(30)40-27-34(25-23-31(40)29-45)47-43-20-10-6-16-37(43)38-17-7-11-21-44(38)47/h1-27H,28-29H2. The van der Waals surface area contributed by atoms with Gasteiger partial charge in [0.15, 0.2) is 0 Å². The molecule has 0 radical (unpaired) electrons. The normalized spacial score (nSPS) is 12.9. The van der Waals surface area contributed by atoms with Gasteiger partial charge in [-0.1, -0.05) is 103 Å². The molecule has 9 aromatic rings. The highest BCUT2D eigenvalue weighted by molar-refractivity contribution is 6.10. The van der Waals surface area contributed by atoms with Crippen molar-refractivity contribution in [3.63, 3.8) is 0 Å². The number of fused-ring (bicyclic) bond motifs is 9. The average Bonchev–Trinajstić information content (AvgIpc) is 3.59. The van der Waals surface area contributed by atoms with Gasteiger partial charge in [-0.2, -0.15) is 0 Å². The molecular weight excluding hydrogens is 571 g/mol. The highest BCUT2D eigenvalue weighted by Gasteiger charge is 2.23. The zero-order chi connectivity index (χ0) is 30.9. The Balaban J connectivity index is 1.23. The van der Waals surface area contributed by atoms with Crippen molar-refractivity contribution in [1.29, 1.82) is 0 Å². The highest BCUT2D eigenvalue weighted by Crippen LogP contribution is 2.40. The van der Waals surface area contributed by atoms with Crippen LogP contribution in [0, 0.1) is 0 Å². The molecule has 0 atom stereocenters. The van der Waals surface area contributed by atoms with Gasteiger partial charge < -0.3 is 14.0 Å². The van der Waals surface area contributed by atoms with E-state index in [1.807, 2.05) is 0 Å². The molecule has 47 heavy (non-hydrogen) atoms. The van der Waals surface area contributed by atoms with E-state index in [0.29, 0.717) is 0 Å². The summed E-state index contributed by atoms with van der Waals surface area (Å²) in [4.78, 5) is 2.50. The van der Waals surface area contributed by atoms with Crippen molar-refractivity contribution in [1.82, 2.24) is 9.13 Å². The zero-order valence-corrected chi connectivity index (χ0v) is 25.8. The van der Waals surface area contributed by atoms with E-state index in [1.54, 1.807) is 0 Å². The van der Waals surface area contributed by atoms with Crippen molar-refractivity contribution in [3.8, 4) is 22.5 Å². The minimum absolute atomic E-state index is 0.839. The second kappa shape index (κ2) is 10.2. The molecule has 0 spiro atoms. The molecule has 2 aromatic heterocycles. The summed E-state index contributed by atoms with van der Waals surface area (Å²) < 4.78 is 4.86. The molecule has 0 saturated heterocycles. The van der Waals surface area contributed by atoms with Gasteiger partial charge in [0.25, 0.3) is 0 Å². The Morgan fingerprint density at radius 3 is 1.09 bits per heavy atom. The lowest BCUT2D eigenvalue weighted by atomic mass is 9.95. The Kier molecular flexibility index (Phi) is 5.70. The summed E-state index contributed by atoms with van der Waals surface area (Å²) in [6, 6.07) is 60.1. The topological polar surface area (TPSA) is 13.1 Å². The van der Waals surface area contributed by atoms with Crippen LogP contribution in [0.3, 0.4) is 0 Å². The van der Waals surface area contributed by atoms with Gasteiger partial charge in [0, 0.05) is 51.7 Å². The number of aromatic nitrogens is 2. The fourth-order valence-electron chi connectivity index (χ4n) is 7.87. The van der Waals surface area contributed by atoms with E-state index in [0.717, 1.165) is 13.1 Å². The van der Waals surface area contributed by atoms with Crippen LogP contribution < -0.4 is 4.90 Å². The van der Waals surface area contributed by atoms with E-state index >= 15 is 0 Å². The molecular formula is C44H31N3. The lowest BCUT2D eigenvalue weighted by Gasteiger charge is -2.24. The monoisotopic (exact) mass is 601 g/mol. The molecule has 0 bridgehead atoms. The predicted octanol–water partition coefficient (Wildman–Crippen LogP) is 11.1. The first-order valence-electron chi connectivity index (χ1n) is 16.4. The number of nitrogens with zero attached hydrogens (tertiary/aromatic N) is 3. The maximum absolute atomic E-state index is 2.50. The molecule has 0 amide bonds. The molecule has 0 unspecified atom stereocenters. The Morgan fingerprint density at radius 1 is 0.319 bits per heavy atom. The number of benzene rings is 7. The summed E-state index contributed by atoms with van der Waals surface area (Å²) >= 11 is 0. The van der Waals surface area contributed by atoms with Crippen LogP contribution in [0.15, 0.2) is 164 Å². The maximum atomic E-state index is 2.50. The third-order valence-electron chi connectivity index (χ3n) is 10.00. The molecule has 1 aliphatic heterocycles. The summed E-state index contributed by atoms with van der Waals surface area (Å²) in [5, 5.41) is 5.12. The second-order valence-electron chi connectivity index (χ2n) is 12.6. The first kappa shape index (κ1) is 26.2. The first-order valence-corrected chi connectivity index (χ1v) is 16.4. The average molecular weight is 602 g/mol. The zero-order valence-electron chi connectivity index (χ0n) is 25.8. The van der Waals surface area contributed by atoms with E-state index < -0.39 is 0 Å². The van der Waals surface area contributed by atoms with E-state index in [9.17, 15) is 0 Å². The van der Waals surface area contributed by atoms with E-state index in [2.05, 4.69) is 178 Å². The number of hydrogen-bond donors (Lipinski definition) is 0. The quantitative estimate of drug-likeness (QED) is 0.196.